The topological polar surface area (TPSA) is 63.6 Å². The highest BCUT2D eigenvalue weighted by molar-refractivity contribution is 5.69. The number of carboxylic acid groups (broad SMARTS) is 1. The van der Waals surface area contributed by atoms with Crippen molar-refractivity contribution >= 4 is 11.9 Å². The predicted octanol–water partition coefficient (Wildman–Crippen LogP) is 10.4. The lowest BCUT2D eigenvalue weighted by Gasteiger charge is -2.02. The summed E-state index contributed by atoms with van der Waals surface area (Å²) < 4.78 is 4.61. The number of methoxy groups -OCH3 is 1. The summed E-state index contributed by atoms with van der Waals surface area (Å²) in [6, 6.07) is 0. The monoisotopic (exact) mass is 498 g/mol. The van der Waals surface area contributed by atoms with Gasteiger partial charge in [-0.05, 0) is 12.8 Å². The number of unbranched alkanes of at least 4 members (excludes halogenated alkanes) is 22. The molecule has 0 bridgehead atoms. The van der Waals surface area contributed by atoms with Gasteiger partial charge in [0.2, 0.25) is 0 Å². The van der Waals surface area contributed by atoms with Gasteiger partial charge in [0.25, 0.3) is 0 Å². The summed E-state index contributed by atoms with van der Waals surface area (Å²) in [4.78, 5) is 21.2. The molecular weight excluding hydrogens is 436 g/mol. The molecule has 0 saturated heterocycles. The molecule has 0 aromatic carbocycles. The van der Waals surface area contributed by atoms with E-state index in [2.05, 4.69) is 18.6 Å². The van der Waals surface area contributed by atoms with Crippen molar-refractivity contribution in [2.24, 2.45) is 0 Å². The second kappa shape index (κ2) is 32.9. The smallest absolute Gasteiger partial charge is 0.305 e. The van der Waals surface area contributed by atoms with Crippen LogP contribution in [0.1, 0.15) is 181 Å². The van der Waals surface area contributed by atoms with Crippen LogP contribution >= 0.6 is 0 Å². The largest absolute Gasteiger partial charge is 0.481 e. The van der Waals surface area contributed by atoms with Gasteiger partial charge in [-0.15, -0.1) is 0 Å². The second-order valence-electron chi connectivity index (χ2n) is 10.2. The number of carbonyl (C=O) groups excluding carboxylic acids is 1. The molecule has 35 heavy (non-hydrogen) atoms. The van der Waals surface area contributed by atoms with E-state index < -0.39 is 5.97 Å². The van der Waals surface area contributed by atoms with Crippen molar-refractivity contribution in [3.8, 4) is 0 Å². The lowest BCUT2D eigenvalue weighted by molar-refractivity contribution is -0.141. The first kappa shape index (κ1) is 36.1. The molecule has 0 aromatic rings. The Labute approximate surface area is 219 Å². The molecule has 4 nitrogen and oxygen atoms in total. The summed E-state index contributed by atoms with van der Waals surface area (Å²) in [5.74, 6) is -0.723. The van der Waals surface area contributed by atoms with Crippen molar-refractivity contribution in [1.29, 1.82) is 0 Å². The van der Waals surface area contributed by atoms with E-state index in [0.29, 0.717) is 12.8 Å². The van der Waals surface area contributed by atoms with E-state index >= 15 is 0 Å². The maximum atomic E-state index is 10.9. The minimum atomic E-state index is -0.655. The number of carboxylic acids is 1. The van der Waals surface area contributed by atoms with Gasteiger partial charge in [-0.2, -0.15) is 0 Å². The maximum absolute atomic E-state index is 10.9. The van der Waals surface area contributed by atoms with Crippen molar-refractivity contribution < 1.29 is 19.4 Å². The van der Waals surface area contributed by atoms with E-state index in [1.54, 1.807) is 0 Å². The molecule has 0 heterocycles. The first-order chi connectivity index (χ1) is 17.1. The average molecular weight is 499 g/mol. The maximum Gasteiger partial charge on any atom is 0.305 e. The van der Waals surface area contributed by atoms with Gasteiger partial charge in [-0.3, -0.25) is 9.59 Å². The first-order valence-corrected chi connectivity index (χ1v) is 15.4. The van der Waals surface area contributed by atoms with Gasteiger partial charge in [0.05, 0.1) is 7.11 Å². The van der Waals surface area contributed by atoms with Crippen LogP contribution in [-0.4, -0.2) is 24.2 Å². The zero-order chi connectivity index (χ0) is 26.2. The highest BCUT2D eigenvalue weighted by Crippen LogP contribution is 2.13. The van der Waals surface area contributed by atoms with Gasteiger partial charge >= 0.3 is 11.9 Å². The molecule has 210 valence electrons. The van der Waals surface area contributed by atoms with E-state index in [-0.39, 0.29) is 5.97 Å². The molecule has 0 aliphatic carbocycles. The average Bonchev–Trinajstić information content (AvgIpc) is 2.85. The molecule has 0 spiro atoms. The number of ether oxygens (including phenoxy) is 1. The molecule has 0 unspecified atom stereocenters. The third-order valence-corrected chi connectivity index (χ3v) is 6.71. The van der Waals surface area contributed by atoms with Crippen molar-refractivity contribution in [2.45, 2.75) is 181 Å². The zero-order valence-electron chi connectivity index (χ0n) is 24.1. The van der Waals surface area contributed by atoms with E-state index in [1.807, 2.05) is 0 Å². The normalized spacial score (nSPS) is 10.6. The molecule has 0 rings (SSSR count). The van der Waals surface area contributed by atoms with Crippen molar-refractivity contribution in [3.05, 3.63) is 0 Å². The van der Waals surface area contributed by atoms with Gasteiger partial charge in [0.15, 0.2) is 0 Å². The van der Waals surface area contributed by atoms with Crippen molar-refractivity contribution in [1.82, 2.24) is 0 Å². The first-order valence-electron chi connectivity index (χ1n) is 15.4. The summed E-state index contributed by atoms with van der Waals surface area (Å²) in [6.45, 7) is 4.52. The van der Waals surface area contributed by atoms with Gasteiger partial charge in [-0.25, -0.2) is 0 Å². The number of esters is 1. The highest BCUT2D eigenvalue weighted by atomic mass is 16.5. The van der Waals surface area contributed by atoms with Crippen LogP contribution in [0.15, 0.2) is 0 Å². The molecule has 1 N–H and O–H groups in total. The zero-order valence-corrected chi connectivity index (χ0v) is 24.1. The fourth-order valence-electron chi connectivity index (χ4n) is 4.33. The van der Waals surface area contributed by atoms with E-state index in [9.17, 15) is 9.59 Å². The molecule has 0 aromatic heterocycles. The van der Waals surface area contributed by atoms with E-state index in [4.69, 9.17) is 5.11 Å². The number of hydrogen-bond donors (Lipinski definition) is 1. The quantitative estimate of drug-likeness (QED) is 0.0951. The summed E-state index contributed by atoms with van der Waals surface area (Å²) in [6.07, 6.45) is 32.3. The molecule has 0 saturated carbocycles. The van der Waals surface area contributed by atoms with E-state index in [0.717, 1.165) is 19.3 Å². The number of rotatable bonds is 26. The summed E-state index contributed by atoms with van der Waals surface area (Å²) in [5.41, 5.74) is 0. The standard InChI is InChI=1S/C16H32O2.C15H30O2/c1-3-4-5-6-7-8-9-10-11-12-13-14-15-16(17)18-2;1-2-3-4-5-6-7-8-9-10-11-12-13-14-15(16)17/h3-15H2,1-2H3;2-14H2,1H3,(H,16,17). The Morgan fingerprint density at radius 1 is 0.457 bits per heavy atom. The Hall–Kier alpha value is -1.06. The Bertz CT molecular complexity index is 422. The molecule has 0 radical (unpaired) electrons. The van der Waals surface area contributed by atoms with Crippen LogP contribution < -0.4 is 0 Å². The summed E-state index contributed by atoms with van der Waals surface area (Å²) >= 11 is 0. The predicted molar refractivity (Wildman–Crippen MR) is 151 cm³/mol. The summed E-state index contributed by atoms with van der Waals surface area (Å²) in [5, 5.41) is 8.47. The molecule has 0 aliphatic rings. The number of hydrogen-bond acceptors (Lipinski definition) is 3. The van der Waals surface area contributed by atoms with Crippen molar-refractivity contribution in [2.75, 3.05) is 7.11 Å². The second-order valence-corrected chi connectivity index (χ2v) is 10.2. The minimum absolute atomic E-state index is 0.0675. The Balaban J connectivity index is 0. The van der Waals surface area contributed by atoms with Gasteiger partial charge < -0.3 is 9.84 Å². The Morgan fingerprint density at radius 2 is 0.714 bits per heavy atom. The number of carbonyl (C=O) groups is 2. The van der Waals surface area contributed by atoms with Crippen LogP contribution in [0.3, 0.4) is 0 Å². The van der Waals surface area contributed by atoms with Crippen LogP contribution in [0.4, 0.5) is 0 Å². The minimum Gasteiger partial charge on any atom is -0.481 e. The van der Waals surface area contributed by atoms with Crippen LogP contribution in [0, 0.1) is 0 Å². The van der Waals surface area contributed by atoms with Crippen LogP contribution in [-0.2, 0) is 14.3 Å². The summed E-state index contributed by atoms with van der Waals surface area (Å²) in [7, 11) is 1.46. The van der Waals surface area contributed by atoms with Crippen LogP contribution in [0.5, 0.6) is 0 Å². The third-order valence-electron chi connectivity index (χ3n) is 6.71. The number of aliphatic carboxylic acids is 1. The molecular formula is C31H62O4. The molecule has 0 fully saturated rings. The third kappa shape index (κ3) is 37.7. The molecule has 0 aliphatic heterocycles. The fraction of sp³-hybridized carbons (Fsp3) is 0.935. The fourth-order valence-corrected chi connectivity index (χ4v) is 4.33. The molecule has 4 heteroatoms. The molecule has 0 amide bonds. The van der Waals surface area contributed by atoms with Gasteiger partial charge in [0, 0.05) is 12.8 Å². The van der Waals surface area contributed by atoms with Crippen molar-refractivity contribution in [3.63, 3.8) is 0 Å². The van der Waals surface area contributed by atoms with Gasteiger partial charge in [0.1, 0.15) is 0 Å². The lowest BCUT2D eigenvalue weighted by atomic mass is 10.0. The Morgan fingerprint density at radius 3 is 0.971 bits per heavy atom. The highest BCUT2D eigenvalue weighted by Gasteiger charge is 1.99. The van der Waals surface area contributed by atoms with E-state index in [1.165, 1.54) is 142 Å². The lowest BCUT2D eigenvalue weighted by Crippen LogP contribution is -1.99. The Kier molecular flexibility index (Phi) is 34.0. The SMILES string of the molecule is CCCCCCCCCCCCCCC(=O)O.CCCCCCCCCCCCCCC(=O)OC. The van der Waals surface area contributed by atoms with Gasteiger partial charge in [-0.1, -0.05) is 155 Å². The van der Waals surface area contributed by atoms with Crippen LogP contribution in [0.2, 0.25) is 0 Å². The van der Waals surface area contributed by atoms with Crippen LogP contribution in [0.25, 0.3) is 0 Å². The molecule has 0 atom stereocenters.